The van der Waals surface area contributed by atoms with E-state index in [1.54, 1.807) is 0 Å². The van der Waals surface area contributed by atoms with Crippen molar-refractivity contribution in [3.63, 3.8) is 0 Å². The molecule has 3 rings (SSSR count). The lowest BCUT2D eigenvalue weighted by Gasteiger charge is -2.14. The Hall–Kier alpha value is -2.08. The van der Waals surface area contributed by atoms with Crippen molar-refractivity contribution >= 4 is 0 Å². The summed E-state index contributed by atoms with van der Waals surface area (Å²) in [5.74, 6) is 1.11. The molecule has 0 N–H and O–H groups in total. The quantitative estimate of drug-likeness (QED) is 0.823. The fraction of sp³-hybridized carbons (Fsp3) is 0.375. The second-order valence-corrected chi connectivity index (χ2v) is 5.15. The second kappa shape index (κ2) is 4.89. The van der Waals surface area contributed by atoms with Crippen LogP contribution < -0.4 is 0 Å². The van der Waals surface area contributed by atoms with Crippen LogP contribution in [-0.2, 0) is 19.4 Å². The summed E-state index contributed by atoms with van der Waals surface area (Å²) < 4.78 is 2.33. The second-order valence-electron chi connectivity index (χ2n) is 5.15. The molecule has 0 saturated carbocycles. The van der Waals surface area contributed by atoms with Crippen molar-refractivity contribution in [1.82, 2.24) is 9.55 Å². The lowest BCUT2D eigenvalue weighted by atomic mass is 10.0. The zero-order chi connectivity index (χ0) is 13.2. The lowest BCUT2D eigenvalue weighted by Crippen LogP contribution is -2.10. The van der Waals surface area contributed by atoms with Crippen LogP contribution in [0, 0.1) is 18.3 Å². The van der Waals surface area contributed by atoms with Gasteiger partial charge in [-0.05, 0) is 50.3 Å². The van der Waals surface area contributed by atoms with Crippen molar-refractivity contribution in [2.75, 3.05) is 0 Å². The van der Waals surface area contributed by atoms with Gasteiger partial charge in [0.15, 0.2) is 0 Å². The van der Waals surface area contributed by atoms with Gasteiger partial charge in [-0.3, -0.25) is 0 Å². The highest BCUT2D eigenvalue weighted by atomic mass is 15.1. The van der Waals surface area contributed by atoms with E-state index in [2.05, 4.69) is 17.6 Å². The predicted octanol–water partition coefficient (Wildman–Crippen LogP) is 2.99. The molecule has 1 aromatic heterocycles. The molecule has 1 aliphatic carbocycles. The molecule has 1 heterocycles. The summed E-state index contributed by atoms with van der Waals surface area (Å²) in [5, 5.41) is 8.82. The zero-order valence-electron chi connectivity index (χ0n) is 11.2. The number of nitrogens with zero attached hydrogens (tertiary/aromatic N) is 3. The molecule has 3 nitrogen and oxygen atoms in total. The molecule has 0 saturated heterocycles. The van der Waals surface area contributed by atoms with Crippen molar-refractivity contribution < 1.29 is 0 Å². The third-order valence-electron chi connectivity index (χ3n) is 3.85. The maximum atomic E-state index is 8.82. The summed E-state index contributed by atoms with van der Waals surface area (Å²) in [5.41, 5.74) is 4.64. The van der Waals surface area contributed by atoms with Gasteiger partial charge in [0.2, 0.25) is 0 Å². The van der Waals surface area contributed by atoms with Gasteiger partial charge in [-0.25, -0.2) is 4.98 Å². The van der Waals surface area contributed by atoms with Crippen LogP contribution in [0.1, 0.15) is 41.2 Å². The normalized spacial score (nSPS) is 13.9. The number of hydrogen-bond acceptors (Lipinski definition) is 2. The minimum Gasteiger partial charge on any atom is -0.328 e. The van der Waals surface area contributed by atoms with Crippen LogP contribution in [0.15, 0.2) is 24.3 Å². The maximum Gasteiger partial charge on any atom is 0.106 e. The molecule has 0 bridgehead atoms. The summed E-state index contributed by atoms with van der Waals surface area (Å²) >= 11 is 0. The number of rotatable bonds is 2. The molecule has 0 aliphatic heterocycles. The number of benzene rings is 1. The largest absolute Gasteiger partial charge is 0.328 e. The van der Waals surface area contributed by atoms with E-state index in [4.69, 9.17) is 10.2 Å². The molecule has 0 atom stereocenters. The highest BCUT2D eigenvalue weighted by Crippen LogP contribution is 2.23. The first-order chi connectivity index (χ1) is 9.28. The molecule has 0 unspecified atom stereocenters. The van der Waals surface area contributed by atoms with E-state index in [0.717, 1.165) is 25.2 Å². The third kappa shape index (κ3) is 2.26. The first-order valence-electron chi connectivity index (χ1n) is 6.82. The predicted molar refractivity (Wildman–Crippen MR) is 73.9 cm³/mol. The van der Waals surface area contributed by atoms with Gasteiger partial charge in [-0.1, -0.05) is 12.1 Å². The molecule has 0 spiro atoms. The van der Waals surface area contributed by atoms with Gasteiger partial charge in [0.25, 0.3) is 0 Å². The van der Waals surface area contributed by atoms with Gasteiger partial charge in [0, 0.05) is 12.2 Å². The SMILES string of the molecule is Cc1nc2c(n1Cc1ccc(C#N)cc1)CCCC2. The number of aromatic nitrogens is 2. The van der Waals surface area contributed by atoms with Crippen LogP contribution in [0.4, 0.5) is 0 Å². The fourth-order valence-electron chi connectivity index (χ4n) is 2.81. The fourth-order valence-corrected chi connectivity index (χ4v) is 2.81. The molecule has 3 heteroatoms. The minimum atomic E-state index is 0.716. The topological polar surface area (TPSA) is 41.6 Å². The molecule has 0 amide bonds. The summed E-state index contributed by atoms with van der Waals surface area (Å²) in [6.45, 7) is 2.95. The Bertz CT molecular complexity index is 629. The van der Waals surface area contributed by atoms with Gasteiger partial charge >= 0.3 is 0 Å². The van der Waals surface area contributed by atoms with E-state index in [0.29, 0.717) is 5.56 Å². The third-order valence-corrected chi connectivity index (χ3v) is 3.85. The Balaban J connectivity index is 1.90. The molecule has 19 heavy (non-hydrogen) atoms. The molecule has 1 aliphatic rings. The monoisotopic (exact) mass is 251 g/mol. The number of aryl methyl sites for hydroxylation is 2. The van der Waals surface area contributed by atoms with Crippen LogP contribution in [0.5, 0.6) is 0 Å². The van der Waals surface area contributed by atoms with E-state index in [9.17, 15) is 0 Å². The van der Waals surface area contributed by atoms with Crippen molar-refractivity contribution in [2.45, 2.75) is 39.2 Å². The Morgan fingerprint density at radius 1 is 1.21 bits per heavy atom. The summed E-state index contributed by atoms with van der Waals surface area (Å²) in [6.07, 6.45) is 4.80. The highest BCUT2D eigenvalue weighted by Gasteiger charge is 2.17. The van der Waals surface area contributed by atoms with E-state index < -0.39 is 0 Å². The summed E-state index contributed by atoms with van der Waals surface area (Å²) in [4.78, 5) is 4.69. The highest BCUT2D eigenvalue weighted by molar-refractivity contribution is 5.32. The van der Waals surface area contributed by atoms with Crippen molar-refractivity contribution in [1.29, 1.82) is 5.26 Å². The smallest absolute Gasteiger partial charge is 0.106 e. The van der Waals surface area contributed by atoms with E-state index in [1.165, 1.54) is 29.8 Å². The van der Waals surface area contributed by atoms with Crippen LogP contribution in [-0.4, -0.2) is 9.55 Å². The molecule has 96 valence electrons. The molecular formula is C16H17N3. The van der Waals surface area contributed by atoms with Crippen LogP contribution >= 0.6 is 0 Å². The Kier molecular flexibility index (Phi) is 3.08. The van der Waals surface area contributed by atoms with Crippen molar-refractivity contribution in [2.24, 2.45) is 0 Å². The summed E-state index contributed by atoms with van der Waals surface area (Å²) in [7, 11) is 0. The van der Waals surface area contributed by atoms with Gasteiger partial charge in [0.1, 0.15) is 5.82 Å². The Morgan fingerprint density at radius 3 is 2.68 bits per heavy atom. The first kappa shape index (κ1) is 12.0. The van der Waals surface area contributed by atoms with Crippen LogP contribution in [0.25, 0.3) is 0 Å². The molecule has 0 fully saturated rings. The number of fused-ring (bicyclic) bond motifs is 1. The van der Waals surface area contributed by atoms with Crippen molar-refractivity contribution in [3.8, 4) is 6.07 Å². The van der Waals surface area contributed by atoms with Gasteiger partial charge in [0.05, 0.1) is 17.3 Å². The van der Waals surface area contributed by atoms with Gasteiger partial charge in [-0.15, -0.1) is 0 Å². The lowest BCUT2D eigenvalue weighted by molar-refractivity contribution is 0.624. The van der Waals surface area contributed by atoms with E-state index in [1.807, 2.05) is 24.3 Å². The molecule has 1 aromatic carbocycles. The number of imidazole rings is 1. The maximum absolute atomic E-state index is 8.82. The molecule has 2 aromatic rings. The average molecular weight is 251 g/mol. The zero-order valence-corrected chi connectivity index (χ0v) is 11.2. The Morgan fingerprint density at radius 2 is 1.95 bits per heavy atom. The molecule has 0 radical (unpaired) electrons. The number of hydrogen-bond donors (Lipinski definition) is 0. The first-order valence-corrected chi connectivity index (χ1v) is 6.82. The molecular weight excluding hydrogens is 234 g/mol. The van der Waals surface area contributed by atoms with Crippen molar-refractivity contribution in [3.05, 3.63) is 52.6 Å². The van der Waals surface area contributed by atoms with E-state index in [-0.39, 0.29) is 0 Å². The van der Waals surface area contributed by atoms with Gasteiger partial charge < -0.3 is 4.57 Å². The van der Waals surface area contributed by atoms with Crippen LogP contribution in [0.3, 0.4) is 0 Å². The average Bonchev–Trinajstić information content (AvgIpc) is 2.76. The number of nitriles is 1. The van der Waals surface area contributed by atoms with Gasteiger partial charge in [-0.2, -0.15) is 5.26 Å². The van der Waals surface area contributed by atoms with E-state index >= 15 is 0 Å². The van der Waals surface area contributed by atoms with Crippen LogP contribution in [0.2, 0.25) is 0 Å². The minimum absolute atomic E-state index is 0.716. The standard InChI is InChI=1S/C16H17N3/c1-12-18-15-4-2-3-5-16(15)19(12)11-14-8-6-13(10-17)7-9-14/h6-9H,2-5,11H2,1H3. The Labute approximate surface area is 113 Å². The summed E-state index contributed by atoms with van der Waals surface area (Å²) in [6, 6.07) is 9.99.